The predicted molar refractivity (Wildman–Crippen MR) is 33.6 cm³/mol. The number of nitrogens with two attached hydrogens (primary N) is 1. The summed E-state index contributed by atoms with van der Waals surface area (Å²) >= 11 is 0. The second kappa shape index (κ2) is 5.03. The number of aliphatic hydroxyl groups excluding tert-OH is 1. The molecule has 0 heterocycles. The van der Waals surface area contributed by atoms with Crippen molar-refractivity contribution in [3.05, 3.63) is 0 Å². The van der Waals surface area contributed by atoms with E-state index in [0.29, 0.717) is 6.54 Å². The standard InChI is InChI=1S/C5H14N2O/c1-7-5(4-8)2-3-6/h5,7-8H,2-4,6H2,1H3/t5-/m0/s1. The van der Waals surface area contributed by atoms with Crippen LogP contribution in [-0.4, -0.2) is 31.3 Å². The Morgan fingerprint density at radius 2 is 2.38 bits per heavy atom. The summed E-state index contributed by atoms with van der Waals surface area (Å²) in [6.45, 7) is 0.805. The van der Waals surface area contributed by atoms with E-state index in [1.54, 1.807) is 0 Å². The Morgan fingerprint density at radius 1 is 1.75 bits per heavy atom. The lowest BCUT2D eigenvalue weighted by Crippen LogP contribution is -2.31. The average Bonchev–Trinajstić information content (AvgIpc) is 1.83. The average molecular weight is 118 g/mol. The van der Waals surface area contributed by atoms with E-state index in [1.165, 1.54) is 0 Å². The Labute approximate surface area is 49.9 Å². The van der Waals surface area contributed by atoms with Gasteiger partial charge in [0.25, 0.3) is 0 Å². The van der Waals surface area contributed by atoms with E-state index in [2.05, 4.69) is 5.32 Å². The van der Waals surface area contributed by atoms with E-state index in [0.717, 1.165) is 6.42 Å². The zero-order valence-corrected chi connectivity index (χ0v) is 5.22. The molecule has 0 aromatic heterocycles. The quantitative estimate of drug-likeness (QED) is 0.440. The van der Waals surface area contributed by atoms with Crippen LogP contribution in [0.5, 0.6) is 0 Å². The molecule has 4 N–H and O–H groups in total. The second-order valence-electron chi connectivity index (χ2n) is 1.75. The third-order valence-corrected chi connectivity index (χ3v) is 1.14. The Kier molecular flexibility index (Phi) is 4.95. The highest BCUT2D eigenvalue weighted by Crippen LogP contribution is 1.84. The van der Waals surface area contributed by atoms with Crippen LogP contribution in [0.25, 0.3) is 0 Å². The maximum atomic E-state index is 8.54. The molecule has 0 radical (unpaired) electrons. The summed E-state index contributed by atoms with van der Waals surface area (Å²) in [6.07, 6.45) is 0.840. The van der Waals surface area contributed by atoms with Gasteiger partial charge in [-0.3, -0.25) is 0 Å². The largest absolute Gasteiger partial charge is 0.395 e. The maximum Gasteiger partial charge on any atom is 0.0585 e. The van der Waals surface area contributed by atoms with Crippen LogP contribution in [0.15, 0.2) is 0 Å². The second-order valence-corrected chi connectivity index (χ2v) is 1.75. The molecule has 0 spiro atoms. The summed E-state index contributed by atoms with van der Waals surface area (Å²) in [5.41, 5.74) is 5.23. The minimum absolute atomic E-state index is 0.174. The van der Waals surface area contributed by atoms with Gasteiger partial charge < -0.3 is 16.2 Å². The van der Waals surface area contributed by atoms with Gasteiger partial charge in [-0.05, 0) is 20.0 Å². The maximum absolute atomic E-state index is 8.54. The van der Waals surface area contributed by atoms with Gasteiger partial charge in [0.2, 0.25) is 0 Å². The van der Waals surface area contributed by atoms with Crippen LogP contribution in [0.3, 0.4) is 0 Å². The van der Waals surface area contributed by atoms with Crippen LogP contribution in [-0.2, 0) is 0 Å². The van der Waals surface area contributed by atoms with Gasteiger partial charge in [-0.2, -0.15) is 0 Å². The molecule has 0 bridgehead atoms. The summed E-state index contributed by atoms with van der Waals surface area (Å²) in [5.74, 6) is 0. The highest BCUT2D eigenvalue weighted by molar-refractivity contribution is 4.61. The Bertz CT molecular complexity index is 45.7. The molecule has 8 heavy (non-hydrogen) atoms. The van der Waals surface area contributed by atoms with E-state index in [9.17, 15) is 0 Å². The van der Waals surface area contributed by atoms with Gasteiger partial charge in [0.1, 0.15) is 0 Å². The summed E-state index contributed by atoms with van der Waals surface area (Å²) in [4.78, 5) is 0. The fraction of sp³-hybridized carbons (Fsp3) is 1.00. The van der Waals surface area contributed by atoms with Crippen LogP contribution >= 0.6 is 0 Å². The molecule has 0 amide bonds. The van der Waals surface area contributed by atoms with E-state index in [4.69, 9.17) is 10.8 Å². The summed E-state index contributed by atoms with van der Waals surface area (Å²) in [5, 5.41) is 11.5. The molecule has 0 fully saturated rings. The normalized spacial score (nSPS) is 13.9. The van der Waals surface area contributed by atoms with Gasteiger partial charge in [0.15, 0.2) is 0 Å². The third-order valence-electron chi connectivity index (χ3n) is 1.14. The number of aliphatic hydroxyl groups is 1. The van der Waals surface area contributed by atoms with Crippen molar-refractivity contribution in [1.29, 1.82) is 0 Å². The smallest absolute Gasteiger partial charge is 0.0585 e. The lowest BCUT2D eigenvalue weighted by molar-refractivity contribution is 0.243. The summed E-state index contributed by atoms with van der Waals surface area (Å²) in [6, 6.07) is 0.181. The fourth-order valence-corrected chi connectivity index (χ4v) is 0.528. The van der Waals surface area contributed by atoms with E-state index >= 15 is 0 Å². The number of hydrogen-bond donors (Lipinski definition) is 3. The molecular weight excluding hydrogens is 104 g/mol. The summed E-state index contributed by atoms with van der Waals surface area (Å²) in [7, 11) is 1.82. The zero-order chi connectivity index (χ0) is 6.41. The van der Waals surface area contributed by atoms with E-state index < -0.39 is 0 Å². The van der Waals surface area contributed by atoms with Crippen LogP contribution in [0.2, 0.25) is 0 Å². The monoisotopic (exact) mass is 118 g/mol. The highest BCUT2D eigenvalue weighted by Gasteiger charge is 1.99. The molecule has 0 aromatic carbocycles. The first-order chi connectivity index (χ1) is 3.85. The van der Waals surface area contributed by atoms with Gasteiger partial charge in [-0.1, -0.05) is 0 Å². The highest BCUT2D eigenvalue weighted by atomic mass is 16.3. The fourth-order valence-electron chi connectivity index (χ4n) is 0.528. The van der Waals surface area contributed by atoms with E-state index in [-0.39, 0.29) is 12.6 Å². The van der Waals surface area contributed by atoms with Crippen molar-refractivity contribution in [3.63, 3.8) is 0 Å². The van der Waals surface area contributed by atoms with Crippen LogP contribution < -0.4 is 11.1 Å². The van der Waals surface area contributed by atoms with Crippen molar-refractivity contribution in [1.82, 2.24) is 5.32 Å². The molecule has 0 saturated carbocycles. The molecule has 0 aliphatic heterocycles. The lowest BCUT2D eigenvalue weighted by Gasteiger charge is -2.09. The molecule has 0 rings (SSSR count). The molecule has 0 aliphatic rings. The Balaban J connectivity index is 3.07. The molecule has 0 aromatic rings. The van der Waals surface area contributed by atoms with Gasteiger partial charge in [0, 0.05) is 6.04 Å². The summed E-state index contributed by atoms with van der Waals surface area (Å²) < 4.78 is 0. The van der Waals surface area contributed by atoms with Crippen LogP contribution in [0.4, 0.5) is 0 Å². The number of hydrogen-bond acceptors (Lipinski definition) is 3. The van der Waals surface area contributed by atoms with Crippen molar-refractivity contribution >= 4 is 0 Å². The molecule has 0 aliphatic carbocycles. The van der Waals surface area contributed by atoms with Gasteiger partial charge in [-0.15, -0.1) is 0 Å². The molecule has 0 unspecified atom stereocenters. The van der Waals surface area contributed by atoms with Crippen molar-refractivity contribution in [2.45, 2.75) is 12.5 Å². The van der Waals surface area contributed by atoms with Crippen molar-refractivity contribution in [3.8, 4) is 0 Å². The first kappa shape index (κ1) is 7.88. The first-order valence-corrected chi connectivity index (χ1v) is 2.83. The minimum atomic E-state index is 0.174. The molecule has 0 saturated heterocycles. The van der Waals surface area contributed by atoms with Crippen LogP contribution in [0, 0.1) is 0 Å². The Hall–Kier alpha value is -0.120. The van der Waals surface area contributed by atoms with E-state index in [1.807, 2.05) is 7.05 Å². The van der Waals surface area contributed by atoms with Gasteiger partial charge >= 0.3 is 0 Å². The first-order valence-electron chi connectivity index (χ1n) is 2.83. The van der Waals surface area contributed by atoms with Gasteiger partial charge in [-0.25, -0.2) is 0 Å². The van der Waals surface area contributed by atoms with Crippen molar-refractivity contribution in [2.75, 3.05) is 20.2 Å². The topological polar surface area (TPSA) is 58.3 Å². The molecular formula is C5H14N2O. The predicted octanol–water partition coefficient (Wildman–Crippen LogP) is -1.08. The van der Waals surface area contributed by atoms with Gasteiger partial charge in [0.05, 0.1) is 6.61 Å². The number of likely N-dealkylation sites (N-methyl/N-ethyl adjacent to an activating group) is 1. The number of rotatable bonds is 4. The van der Waals surface area contributed by atoms with Crippen molar-refractivity contribution in [2.24, 2.45) is 5.73 Å². The molecule has 3 nitrogen and oxygen atoms in total. The SMILES string of the molecule is CN[C@H](CO)CCN. The molecule has 50 valence electrons. The lowest BCUT2D eigenvalue weighted by atomic mass is 10.2. The third kappa shape index (κ3) is 2.96. The number of nitrogens with one attached hydrogen (secondary N) is 1. The Morgan fingerprint density at radius 3 is 2.50 bits per heavy atom. The zero-order valence-electron chi connectivity index (χ0n) is 5.22. The van der Waals surface area contributed by atoms with Crippen LogP contribution in [0.1, 0.15) is 6.42 Å². The molecule has 1 atom stereocenters. The van der Waals surface area contributed by atoms with Crippen molar-refractivity contribution < 1.29 is 5.11 Å². The minimum Gasteiger partial charge on any atom is -0.395 e. The molecule has 3 heteroatoms.